The predicted molar refractivity (Wildman–Crippen MR) is 67.9 cm³/mol. The summed E-state index contributed by atoms with van der Waals surface area (Å²) in [6.45, 7) is 8.10. The summed E-state index contributed by atoms with van der Waals surface area (Å²) >= 11 is 0. The van der Waals surface area contributed by atoms with E-state index in [0.717, 1.165) is 32.6 Å². The Balaban J connectivity index is 3.91. The van der Waals surface area contributed by atoms with Crippen LogP contribution in [0.2, 0.25) is 0 Å². The van der Waals surface area contributed by atoms with Crippen molar-refractivity contribution in [3.8, 4) is 0 Å². The third-order valence-electron chi connectivity index (χ3n) is 2.68. The second-order valence-corrected chi connectivity index (χ2v) is 4.48. The predicted octanol–water partition coefficient (Wildman–Crippen LogP) is 0.643. The molecule has 0 rings (SSSR count). The third kappa shape index (κ3) is 6.63. The normalized spacial score (nSPS) is 14.8. The summed E-state index contributed by atoms with van der Waals surface area (Å²) in [7, 11) is 4.16. The molecule has 0 amide bonds. The van der Waals surface area contributed by atoms with E-state index in [9.17, 15) is 0 Å². The van der Waals surface area contributed by atoms with E-state index < -0.39 is 0 Å². The summed E-state index contributed by atoms with van der Waals surface area (Å²) in [5, 5.41) is 11.6. The van der Waals surface area contributed by atoms with Crippen LogP contribution in [0, 0.1) is 5.92 Å². The quantitative estimate of drug-likeness (QED) is 0.278. The molecule has 0 saturated carbocycles. The molecule has 0 bridgehead atoms. The molecule has 0 saturated heterocycles. The molecule has 0 aromatic rings. The topological polar surface area (TPSA) is 65.1 Å². The van der Waals surface area contributed by atoms with Gasteiger partial charge in [-0.2, -0.15) is 0 Å². The minimum atomic E-state index is 0.101. The van der Waals surface area contributed by atoms with Crippen molar-refractivity contribution < 1.29 is 5.21 Å². The van der Waals surface area contributed by atoms with Crippen molar-refractivity contribution in [2.24, 2.45) is 16.8 Å². The Labute approximate surface area is 98.9 Å². The van der Waals surface area contributed by atoms with E-state index in [1.165, 1.54) is 0 Å². The summed E-state index contributed by atoms with van der Waals surface area (Å²) in [6.07, 6.45) is 1.14. The number of hydrogen-bond acceptors (Lipinski definition) is 4. The van der Waals surface area contributed by atoms with Crippen LogP contribution in [0.25, 0.3) is 0 Å². The number of oxime groups is 1. The first-order valence-electron chi connectivity index (χ1n) is 5.85. The highest BCUT2D eigenvalue weighted by molar-refractivity contribution is 5.82. The lowest BCUT2D eigenvalue weighted by Gasteiger charge is -2.24. The van der Waals surface area contributed by atoms with Crippen LogP contribution in [-0.2, 0) is 0 Å². The average Bonchev–Trinajstić information content (AvgIpc) is 2.25. The molecular formula is C11H26N4O. The smallest absolute Gasteiger partial charge is 0.143 e. The Morgan fingerprint density at radius 1 is 1.38 bits per heavy atom. The molecule has 0 aliphatic carbocycles. The Bertz CT molecular complexity index is 206. The zero-order valence-corrected chi connectivity index (χ0v) is 11.0. The van der Waals surface area contributed by atoms with Gasteiger partial charge in [0.25, 0.3) is 0 Å². The minimum absolute atomic E-state index is 0.101. The van der Waals surface area contributed by atoms with Gasteiger partial charge < -0.3 is 20.7 Å². The van der Waals surface area contributed by atoms with E-state index in [0.29, 0.717) is 5.84 Å². The van der Waals surface area contributed by atoms with Gasteiger partial charge in [-0.1, -0.05) is 19.0 Å². The van der Waals surface area contributed by atoms with Gasteiger partial charge in [-0.15, -0.1) is 0 Å². The fraction of sp³-hybridized carbons (Fsp3) is 0.909. The van der Waals surface area contributed by atoms with E-state index in [1.807, 2.05) is 6.92 Å². The largest absolute Gasteiger partial charge is 0.409 e. The highest BCUT2D eigenvalue weighted by Crippen LogP contribution is 2.01. The Kier molecular flexibility index (Phi) is 7.93. The first kappa shape index (κ1) is 15.2. The van der Waals surface area contributed by atoms with E-state index >= 15 is 0 Å². The summed E-state index contributed by atoms with van der Waals surface area (Å²) in [4.78, 5) is 4.51. The molecule has 0 fully saturated rings. The molecule has 1 unspecified atom stereocenters. The molecule has 5 heteroatoms. The van der Waals surface area contributed by atoms with Crippen molar-refractivity contribution in [3.63, 3.8) is 0 Å². The molecule has 0 radical (unpaired) electrons. The van der Waals surface area contributed by atoms with Crippen LogP contribution in [0.4, 0.5) is 0 Å². The fourth-order valence-electron chi connectivity index (χ4n) is 1.57. The standard InChI is InChI=1S/C11H26N4O/c1-5-15(8-6-7-14(3)4)9-10(2)11(12)13-16/h10,16H,5-9H2,1-4H3,(H2,12,13). The van der Waals surface area contributed by atoms with Gasteiger partial charge in [-0.05, 0) is 40.2 Å². The molecular weight excluding hydrogens is 204 g/mol. The summed E-state index contributed by atoms with van der Waals surface area (Å²) < 4.78 is 0. The first-order valence-corrected chi connectivity index (χ1v) is 5.85. The van der Waals surface area contributed by atoms with Gasteiger partial charge >= 0.3 is 0 Å². The van der Waals surface area contributed by atoms with Crippen LogP contribution in [0.3, 0.4) is 0 Å². The van der Waals surface area contributed by atoms with Crippen molar-refractivity contribution in [2.75, 3.05) is 40.3 Å². The second-order valence-electron chi connectivity index (χ2n) is 4.48. The lowest BCUT2D eigenvalue weighted by molar-refractivity contribution is 0.249. The van der Waals surface area contributed by atoms with Gasteiger partial charge in [-0.25, -0.2) is 0 Å². The third-order valence-corrected chi connectivity index (χ3v) is 2.68. The molecule has 96 valence electrons. The maximum absolute atomic E-state index is 8.58. The monoisotopic (exact) mass is 230 g/mol. The summed E-state index contributed by atoms with van der Waals surface area (Å²) in [6, 6.07) is 0. The van der Waals surface area contributed by atoms with Crippen LogP contribution in [-0.4, -0.2) is 61.1 Å². The van der Waals surface area contributed by atoms with E-state index in [-0.39, 0.29) is 5.92 Å². The van der Waals surface area contributed by atoms with Crippen molar-refractivity contribution in [1.82, 2.24) is 9.80 Å². The molecule has 0 aliphatic heterocycles. The lowest BCUT2D eigenvalue weighted by Crippen LogP contribution is -2.36. The molecule has 0 spiro atoms. The maximum Gasteiger partial charge on any atom is 0.143 e. The van der Waals surface area contributed by atoms with Crippen LogP contribution in [0.1, 0.15) is 20.3 Å². The van der Waals surface area contributed by atoms with Gasteiger partial charge in [-0.3, -0.25) is 0 Å². The average molecular weight is 230 g/mol. The van der Waals surface area contributed by atoms with Crippen molar-refractivity contribution in [2.45, 2.75) is 20.3 Å². The molecule has 5 nitrogen and oxygen atoms in total. The van der Waals surface area contributed by atoms with Crippen molar-refractivity contribution in [1.29, 1.82) is 0 Å². The van der Waals surface area contributed by atoms with Crippen LogP contribution < -0.4 is 5.73 Å². The minimum Gasteiger partial charge on any atom is -0.409 e. The van der Waals surface area contributed by atoms with Gasteiger partial charge in [0.2, 0.25) is 0 Å². The van der Waals surface area contributed by atoms with Crippen molar-refractivity contribution in [3.05, 3.63) is 0 Å². The number of nitrogens with two attached hydrogens (primary N) is 1. The molecule has 0 aromatic carbocycles. The van der Waals surface area contributed by atoms with Gasteiger partial charge in [0.15, 0.2) is 0 Å². The lowest BCUT2D eigenvalue weighted by atomic mass is 10.1. The van der Waals surface area contributed by atoms with Crippen LogP contribution in [0.5, 0.6) is 0 Å². The van der Waals surface area contributed by atoms with E-state index in [2.05, 4.69) is 36.0 Å². The molecule has 3 N–H and O–H groups in total. The second kappa shape index (κ2) is 8.35. The number of rotatable bonds is 8. The number of hydrogen-bond donors (Lipinski definition) is 2. The number of nitrogens with zero attached hydrogens (tertiary/aromatic N) is 3. The van der Waals surface area contributed by atoms with E-state index in [1.54, 1.807) is 0 Å². The van der Waals surface area contributed by atoms with Crippen molar-refractivity contribution >= 4 is 5.84 Å². The Morgan fingerprint density at radius 3 is 2.44 bits per heavy atom. The highest BCUT2D eigenvalue weighted by atomic mass is 16.4. The first-order chi connectivity index (χ1) is 7.51. The Morgan fingerprint density at radius 2 is 2.00 bits per heavy atom. The maximum atomic E-state index is 8.58. The van der Waals surface area contributed by atoms with Crippen LogP contribution in [0.15, 0.2) is 5.16 Å². The van der Waals surface area contributed by atoms with E-state index in [4.69, 9.17) is 10.9 Å². The highest BCUT2D eigenvalue weighted by Gasteiger charge is 2.12. The SMILES string of the molecule is CCN(CCCN(C)C)CC(C)C(N)=NO. The fourth-order valence-corrected chi connectivity index (χ4v) is 1.57. The zero-order valence-electron chi connectivity index (χ0n) is 11.0. The molecule has 1 atom stereocenters. The molecule has 0 aliphatic rings. The molecule has 16 heavy (non-hydrogen) atoms. The Hall–Kier alpha value is -0.810. The van der Waals surface area contributed by atoms with Gasteiger partial charge in [0.1, 0.15) is 5.84 Å². The van der Waals surface area contributed by atoms with Gasteiger partial charge in [0, 0.05) is 12.5 Å². The van der Waals surface area contributed by atoms with Crippen LogP contribution >= 0.6 is 0 Å². The summed E-state index contributed by atoms with van der Waals surface area (Å²) in [5.41, 5.74) is 5.56. The van der Waals surface area contributed by atoms with Gasteiger partial charge in [0.05, 0.1) is 0 Å². The molecule has 0 aromatic heterocycles. The number of amidine groups is 1. The molecule has 0 heterocycles. The summed E-state index contributed by atoms with van der Waals surface area (Å²) in [5.74, 6) is 0.412. The zero-order chi connectivity index (χ0) is 12.6.